The highest BCUT2D eigenvalue weighted by atomic mass is 15.1. The van der Waals surface area contributed by atoms with Gasteiger partial charge in [-0.1, -0.05) is 25.7 Å². The number of allylic oxidation sites excluding steroid dienone is 3. The monoisotopic (exact) mass is 500 g/mol. The first kappa shape index (κ1) is 23.5. The van der Waals surface area contributed by atoms with E-state index in [1.807, 2.05) is 42.9 Å². The summed E-state index contributed by atoms with van der Waals surface area (Å²) in [6, 6.07) is 5.99. The fourth-order valence-electron chi connectivity index (χ4n) is 4.57. The number of H-pyrrole nitrogens is 2. The molecule has 3 N–H and O–H groups in total. The summed E-state index contributed by atoms with van der Waals surface area (Å²) in [6.45, 7) is 10.5. The lowest BCUT2D eigenvalue weighted by atomic mass is 9.83. The normalized spacial score (nSPS) is 14.6. The standard InChI is InChI=1S/C30H28N8/c1-18(23-13-24(15-32-14-23)34-20(3)21-5-4-6-21)7-8-26-19(2)28(38-37-26)30-35-27-17-33-16-25(29(27)36-30)22-9-11-31-12-10-22/h7-17,21,34,37H,2-6H2,1H3,(H,35,36)/b18-7+,26-8+. The molecule has 0 unspecified atom stereocenters. The molecule has 1 aliphatic carbocycles. The highest BCUT2D eigenvalue weighted by Gasteiger charge is 2.20. The largest absolute Gasteiger partial charge is 0.358 e. The second-order valence-electron chi connectivity index (χ2n) is 9.63. The second-order valence-corrected chi connectivity index (χ2v) is 9.63. The quantitative estimate of drug-likeness (QED) is 0.296. The average molecular weight is 501 g/mol. The van der Waals surface area contributed by atoms with Crippen molar-refractivity contribution >= 4 is 34.9 Å². The van der Waals surface area contributed by atoms with Crippen LogP contribution >= 0.6 is 0 Å². The summed E-state index contributed by atoms with van der Waals surface area (Å²) in [6.07, 6.45) is 18.5. The molecule has 5 aromatic rings. The van der Waals surface area contributed by atoms with Crippen molar-refractivity contribution in [1.29, 1.82) is 0 Å². The molecule has 6 rings (SSSR count). The van der Waals surface area contributed by atoms with Gasteiger partial charge in [0.25, 0.3) is 0 Å². The second kappa shape index (κ2) is 9.89. The van der Waals surface area contributed by atoms with Crippen LogP contribution in [0.1, 0.15) is 31.7 Å². The SMILES string of the molecule is C=C(Nc1cncc(/C(C)=C/C=c2/[nH]nc(-c3nc4c(-c5ccncc5)cncc4[nH]3)c2=C)c1)C1CCC1. The van der Waals surface area contributed by atoms with E-state index in [2.05, 4.69) is 61.6 Å². The smallest absolute Gasteiger partial charge is 0.159 e. The molecule has 188 valence electrons. The minimum Gasteiger partial charge on any atom is -0.358 e. The van der Waals surface area contributed by atoms with E-state index < -0.39 is 0 Å². The van der Waals surface area contributed by atoms with E-state index in [1.165, 1.54) is 19.3 Å². The van der Waals surface area contributed by atoms with Crippen LogP contribution in [0.15, 0.2) is 73.7 Å². The number of anilines is 1. The average Bonchev–Trinajstić information content (AvgIpc) is 3.49. The number of nitrogens with zero attached hydrogens (tertiary/aromatic N) is 5. The molecule has 5 heterocycles. The van der Waals surface area contributed by atoms with Crippen LogP contribution in [0.4, 0.5) is 5.69 Å². The van der Waals surface area contributed by atoms with E-state index in [1.54, 1.807) is 18.6 Å². The summed E-state index contributed by atoms with van der Waals surface area (Å²) in [5.41, 5.74) is 8.40. The summed E-state index contributed by atoms with van der Waals surface area (Å²) in [5, 5.41) is 12.6. The molecule has 8 heteroatoms. The number of imidazole rings is 1. The first-order chi connectivity index (χ1) is 18.6. The number of aromatic amines is 2. The van der Waals surface area contributed by atoms with Crippen LogP contribution in [0.3, 0.4) is 0 Å². The van der Waals surface area contributed by atoms with Gasteiger partial charge in [0.05, 0.1) is 34.5 Å². The van der Waals surface area contributed by atoms with Gasteiger partial charge in [-0.3, -0.25) is 20.1 Å². The molecule has 1 fully saturated rings. The van der Waals surface area contributed by atoms with Crippen molar-refractivity contribution in [3.05, 3.63) is 89.9 Å². The van der Waals surface area contributed by atoms with Gasteiger partial charge in [-0.25, -0.2) is 4.98 Å². The third kappa shape index (κ3) is 4.52. The minimum atomic E-state index is 0.568. The third-order valence-corrected chi connectivity index (χ3v) is 7.11. The van der Waals surface area contributed by atoms with Crippen LogP contribution in [0, 0.1) is 5.92 Å². The third-order valence-electron chi connectivity index (χ3n) is 7.11. The Morgan fingerprint density at radius 2 is 1.89 bits per heavy atom. The van der Waals surface area contributed by atoms with Gasteiger partial charge in [0.1, 0.15) is 5.69 Å². The molecule has 0 saturated heterocycles. The fraction of sp³-hybridized carbons (Fsp3) is 0.167. The Bertz CT molecular complexity index is 1770. The van der Waals surface area contributed by atoms with Gasteiger partial charge in [0.2, 0.25) is 0 Å². The molecule has 0 aromatic carbocycles. The maximum absolute atomic E-state index is 4.84. The van der Waals surface area contributed by atoms with E-state index in [0.717, 1.165) is 55.2 Å². The van der Waals surface area contributed by atoms with Crippen molar-refractivity contribution in [2.75, 3.05) is 5.32 Å². The summed E-state index contributed by atoms with van der Waals surface area (Å²) >= 11 is 0. The first-order valence-electron chi connectivity index (χ1n) is 12.6. The number of aromatic nitrogens is 7. The maximum Gasteiger partial charge on any atom is 0.159 e. The van der Waals surface area contributed by atoms with Crippen LogP contribution in [-0.4, -0.2) is 35.1 Å². The van der Waals surface area contributed by atoms with Gasteiger partial charge in [-0.05, 0) is 66.7 Å². The lowest BCUT2D eigenvalue weighted by Gasteiger charge is -2.28. The highest BCUT2D eigenvalue weighted by molar-refractivity contribution is 5.92. The Labute approximate surface area is 220 Å². The number of nitrogens with one attached hydrogen (secondary N) is 3. The Hall–Kier alpha value is -4.85. The summed E-state index contributed by atoms with van der Waals surface area (Å²) in [5.74, 6) is 1.21. The van der Waals surface area contributed by atoms with Crippen molar-refractivity contribution in [2.24, 2.45) is 5.92 Å². The van der Waals surface area contributed by atoms with Crippen LogP contribution in [0.25, 0.3) is 51.9 Å². The Balaban J connectivity index is 1.27. The number of pyridine rings is 3. The Morgan fingerprint density at radius 3 is 2.68 bits per heavy atom. The van der Waals surface area contributed by atoms with Gasteiger partial charge in [-0.2, -0.15) is 5.10 Å². The van der Waals surface area contributed by atoms with E-state index >= 15 is 0 Å². The predicted molar refractivity (Wildman–Crippen MR) is 152 cm³/mol. The van der Waals surface area contributed by atoms with E-state index in [4.69, 9.17) is 4.98 Å². The van der Waals surface area contributed by atoms with Gasteiger partial charge in [-0.15, -0.1) is 0 Å². The molecule has 0 bridgehead atoms. The van der Waals surface area contributed by atoms with Crippen molar-refractivity contribution in [3.63, 3.8) is 0 Å². The van der Waals surface area contributed by atoms with Gasteiger partial charge >= 0.3 is 0 Å². The molecular weight excluding hydrogens is 472 g/mol. The molecule has 0 spiro atoms. The van der Waals surface area contributed by atoms with Gasteiger partial charge < -0.3 is 10.3 Å². The first-order valence-corrected chi connectivity index (χ1v) is 12.6. The van der Waals surface area contributed by atoms with Crippen LogP contribution in [0.5, 0.6) is 0 Å². The van der Waals surface area contributed by atoms with Crippen LogP contribution < -0.4 is 15.9 Å². The predicted octanol–water partition coefficient (Wildman–Crippen LogP) is 4.83. The number of hydrogen-bond acceptors (Lipinski definition) is 6. The highest BCUT2D eigenvalue weighted by Crippen LogP contribution is 2.33. The molecule has 5 aromatic heterocycles. The molecule has 1 aliphatic rings. The lowest BCUT2D eigenvalue weighted by Crippen LogP contribution is -2.21. The summed E-state index contributed by atoms with van der Waals surface area (Å²) in [4.78, 5) is 21.1. The summed E-state index contributed by atoms with van der Waals surface area (Å²) in [7, 11) is 0. The van der Waals surface area contributed by atoms with Crippen LogP contribution in [-0.2, 0) is 0 Å². The molecule has 0 amide bonds. The van der Waals surface area contributed by atoms with Gasteiger partial charge in [0, 0.05) is 41.3 Å². The van der Waals surface area contributed by atoms with E-state index in [9.17, 15) is 0 Å². The number of fused-ring (bicyclic) bond motifs is 1. The molecule has 0 atom stereocenters. The molecular formula is C30H28N8. The van der Waals surface area contributed by atoms with Crippen molar-refractivity contribution < 1.29 is 0 Å². The zero-order chi connectivity index (χ0) is 26.1. The van der Waals surface area contributed by atoms with E-state index in [0.29, 0.717) is 17.4 Å². The molecule has 38 heavy (non-hydrogen) atoms. The van der Waals surface area contributed by atoms with Crippen molar-refractivity contribution in [2.45, 2.75) is 26.2 Å². The topological polar surface area (TPSA) is 108 Å². The van der Waals surface area contributed by atoms with Crippen molar-refractivity contribution in [1.82, 2.24) is 35.1 Å². The lowest BCUT2D eigenvalue weighted by molar-refractivity contribution is 0.371. The Morgan fingerprint density at radius 1 is 1.08 bits per heavy atom. The van der Waals surface area contributed by atoms with Crippen LogP contribution in [0.2, 0.25) is 0 Å². The van der Waals surface area contributed by atoms with E-state index in [-0.39, 0.29) is 0 Å². The Kier molecular flexibility index (Phi) is 6.13. The van der Waals surface area contributed by atoms with Crippen molar-refractivity contribution in [3.8, 4) is 22.6 Å². The molecule has 0 aliphatic heterocycles. The maximum atomic E-state index is 4.84. The number of hydrogen-bond donors (Lipinski definition) is 3. The molecule has 0 radical (unpaired) electrons. The molecule has 8 nitrogen and oxygen atoms in total. The number of rotatable bonds is 7. The van der Waals surface area contributed by atoms with Gasteiger partial charge in [0.15, 0.2) is 5.82 Å². The minimum absolute atomic E-state index is 0.568. The fourth-order valence-corrected chi connectivity index (χ4v) is 4.57. The molecule has 1 saturated carbocycles. The zero-order valence-corrected chi connectivity index (χ0v) is 21.2. The summed E-state index contributed by atoms with van der Waals surface area (Å²) < 4.78 is 0. The zero-order valence-electron chi connectivity index (χ0n) is 21.2.